The second kappa shape index (κ2) is 6.19. The van der Waals surface area contributed by atoms with Gasteiger partial charge in [0, 0.05) is 13.1 Å². The van der Waals surface area contributed by atoms with Crippen LogP contribution >= 0.6 is 0 Å². The molecule has 0 spiro atoms. The Morgan fingerprint density at radius 3 is 2.35 bits per heavy atom. The minimum atomic E-state index is 0.373. The molecule has 1 atom stereocenters. The van der Waals surface area contributed by atoms with Crippen LogP contribution in [0.1, 0.15) is 71.1 Å². The molecule has 3 heterocycles. The fourth-order valence-corrected chi connectivity index (χ4v) is 3.74. The summed E-state index contributed by atoms with van der Waals surface area (Å²) in [5.74, 6) is 0. The highest BCUT2D eigenvalue weighted by molar-refractivity contribution is 4.95. The Balaban J connectivity index is 1.64. The van der Waals surface area contributed by atoms with Gasteiger partial charge in [-0.15, -0.1) is 0 Å². The molecule has 0 saturated carbocycles. The van der Waals surface area contributed by atoms with Crippen molar-refractivity contribution in [2.45, 2.75) is 77.3 Å². The van der Waals surface area contributed by atoms with E-state index in [1.807, 2.05) is 0 Å². The van der Waals surface area contributed by atoms with Crippen molar-refractivity contribution in [3.63, 3.8) is 0 Å². The van der Waals surface area contributed by atoms with Crippen molar-refractivity contribution in [3.8, 4) is 0 Å². The Hall–Kier alpha value is -0.0800. The summed E-state index contributed by atoms with van der Waals surface area (Å²) in [7, 11) is 0. The first-order valence-electron chi connectivity index (χ1n) is 7.75. The molecule has 3 fully saturated rings. The molecule has 0 aromatic heterocycles. The maximum atomic E-state index is 6.20. The summed E-state index contributed by atoms with van der Waals surface area (Å²) in [6.45, 7) is 4.81. The van der Waals surface area contributed by atoms with Gasteiger partial charge in [-0.3, -0.25) is 4.90 Å². The van der Waals surface area contributed by atoms with E-state index in [-0.39, 0.29) is 0 Å². The smallest absolute Gasteiger partial charge is 0.0577 e. The van der Waals surface area contributed by atoms with Gasteiger partial charge in [-0.05, 0) is 31.1 Å². The Bertz CT molecular complexity index is 219. The van der Waals surface area contributed by atoms with Gasteiger partial charge in [0.2, 0.25) is 0 Å². The van der Waals surface area contributed by atoms with Crippen molar-refractivity contribution in [2.24, 2.45) is 11.1 Å². The van der Waals surface area contributed by atoms with Crippen LogP contribution in [0.15, 0.2) is 0 Å². The third-order valence-corrected chi connectivity index (χ3v) is 5.03. The molecular formula is C15H30N2. The zero-order valence-corrected chi connectivity index (χ0v) is 11.6. The molecule has 0 aromatic carbocycles. The number of unbranched alkanes of at least 4 members (excludes halogenated alkanes) is 5. The monoisotopic (exact) mass is 238 g/mol. The number of hydrogen-bond donors (Lipinski definition) is 1. The highest BCUT2D eigenvalue weighted by Gasteiger charge is 2.42. The first kappa shape index (κ1) is 13.4. The molecule has 2 nitrogen and oxygen atoms in total. The van der Waals surface area contributed by atoms with Gasteiger partial charge in [0.15, 0.2) is 0 Å². The van der Waals surface area contributed by atoms with Gasteiger partial charge < -0.3 is 5.73 Å². The molecule has 100 valence electrons. The normalized spacial score (nSPS) is 36.4. The topological polar surface area (TPSA) is 29.3 Å². The predicted molar refractivity (Wildman–Crippen MR) is 73.8 cm³/mol. The Morgan fingerprint density at radius 1 is 1.06 bits per heavy atom. The van der Waals surface area contributed by atoms with Crippen LogP contribution in [0.3, 0.4) is 0 Å². The van der Waals surface area contributed by atoms with Crippen LogP contribution in [0.4, 0.5) is 0 Å². The van der Waals surface area contributed by atoms with Gasteiger partial charge in [-0.1, -0.05) is 45.4 Å². The number of piperidine rings is 3. The van der Waals surface area contributed by atoms with E-state index < -0.39 is 0 Å². The van der Waals surface area contributed by atoms with Crippen molar-refractivity contribution in [1.29, 1.82) is 0 Å². The molecule has 0 radical (unpaired) electrons. The number of nitrogens with two attached hydrogens (primary N) is 1. The highest BCUT2D eigenvalue weighted by Crippen LogP contribution is 2.45. The van der Waals surface area contributed by atoms with Gasteiger partial charge >= 0.3 is 0 Å². The van der Waals surface area contributed by atoms with E-state index in [4.69, 9.17) is 5.73 Å². The van der Waals surface area contributed by atoms with Crippen LogP contribution in [0.5, 0.6) is 0 Å². The van der Waals surface area contributed by atoms with E-state index >= 15 is 0 Å². The molecule has 0 amide bonds. The van der Waals surface area contributed by atoms with Crippen molar-refractivity contribution in [2.75, 3.05) is 13.1 Å². The number of fused-ring (bicyclic) bond motifs is 3. The second-order valence-electron chi connectivity index (χ2n) is 6.33. The zero-order valence-electron chi connectivity index (χ0n) is 11.6. The van der Waals surface area contributed by atoms with Crippen LogP contribution in [-0.4, -0.2) is 24.2 Å². The molecule has 0 aromatic rings. The average Bonchev–Trinajstić information content (AvgIpc) is 2.35. The summed E-state index contributed by atoms with van der Waals surface area (Å²) in [6.07, 6.45) is 14.5. The fourth-order valence-electron chi connectivity index (χ4n) is 3.74. The van der Waals surface area contributed by atoms with Crippen LogP contribution in [0, 0.1) is 5.41 Å². The van der Waals surface area contributed by atoms with E-state index in [1.54, 1.807) is 0 Å². The van der Waals surface area contributed by atoms with Gasteiger partial charge in [0.25, 0.3) is 0 Å². The van der Waals surface area contributed by atoms with E-state index in [9.17, 15) is 0 Å². The molecule has 3 aliphatic heterocycles. The summed E-state index contributed by atoms with van der Waals surface area (Å²) < 4.78 is 0. The Labute approximate surface area is 107 Å². The van der Waals surface area contributed by atoms with Crippen molar-refractivity contribution >= 4 is 0 Å². The van der Waals surface area contributed by atoms with Crippen molar-refractivity contribution < 1.29 is 0 Å². The molecule has 1 unspecified atom stereocenters. The third kappa shape index (κ3) is 3.45. The van der Waals surface area contributed by atoms with E-state index in [1.165, 1.54) is 77.3 Å². The van der Waals surface area contributed by atoms with Crippen molar-refractivity contribution in [3.05, 3.63) is 0 Å². The first-order chi connectivity index (χ1) is 8.26. The fraction of sp³-hybridized carbons (Fsp3) is 1.00. The summed E-state index contributed by atoms with van der Waals surface area (Å²) in [6, 6.07) is 0. The molecule has 3 aliphatic rings. The number of nitrogens with zero attached hydrogens (tertiary/aromatic N) is 1. The zero-order chi connectivity index (χ0) is 12.1. The van der Waals surface area contributed by atoms with Gasteiger partial charge in [-0.25, -0.2) is 0 Å². The van der Waals surface area contributed by atoms with Gasteiger partial charge in [-0.2, -0.15) is 0 Å². The molecule has 3 saturated heterocycles. The van der Waals surface area contributed by atoms with E-state index in [0.29, 0.717) is 11.6 Å². The Kier molecular flexibility index (Phi) is 4.87. The lowest BCUT2D eigenvalue weighted by Crippen LogP contribution is -2.57. The Morgan fingerprint density at radius 2 is 1.71 bits per heavy atom. The summed E-state index contributed by atoms with van der Waals surface area (Å²) in [4.78, 5) is 2.48. The molecule has 3 rings (SSSR count). The molecule has 17 heavy (non-hydrogen) atoms. The van der Waals surface area contributed by atoms with Gasteiger partial charge in [0.1, 0.15) is 0 Å². The standard InChI is InChI=1S/C15H30N2/c1-2-3-4-5-6-7-8-15-9-11-17(12-10-15)14(16)13-15/h14H,2-13,16H2,1H3. The lowest BCUT2D eigenvalue weighted by Gasteiger charge is -2.52. The maximum absolute atomic E-state index is 6.20. The number of hydrogen-bond acceptors (Lipinski definition) is 2. The first-order valence-corrected chi connectivity index (χ1v) is 7.75. The van der Waals surface area contributed by atoms with E-state index in [0.717, 1.165) is 0 Å². The lowest BCUT2D eigenvalue weighted by atomic mass is 9.68. The lowest BCUT2D eigenvalue weighted by molar-refractivity contribution is -0.0245. The molecule has 2 N–H and O–H groups in total. The summed E-state index contributed by atoms with van der Waals surface area (Å²) >= 11 is 0. The highest BCUT2D eigenvalue weighted by atomic mass is 15.2. The van der Waals surface area contributed by atoms with Crippen LogP contribution < -0.4 is 5.73 Å². The molecule has 0 aliphatic carbocycles. The quantitative estimate of drug-likeness (QED) is 0.688. The largest absolute Gasteiger partial charge is 0.316 e. The van der Waals surface area contributed by atoms with Crippen LogP contribution in [-0.2, 0) is 0 Å². The molecule has 2 heteroatoms. The van der Waals surface area contributed by atoms with E-state index in [2.05, 4.69) is 11.8 Å². The molecular weight excluding hydrogens is 208 g/mol. The predicted octanol–water partition coefficient (Wildman–Crippen LogP) is 3.51. The van der Waals surface area contributed by atoms with Crippen LogP contribution in [0.2, 0.25) is 0 Å². The van der Waals surface area contributed by atoms with Crippen molar-refractivity contribution in [1.82, 2.24) is 4.90 Å². The third-order valence-electron chi connectivity index (χ3n) is 5.03. The second-order valence-corrected chi connectivity index (χ2v) is 6.33. The summed E-state index contributed by atoms with van der Waals surface area (Å²) in [5.41, 5.74) is 6.84. The average molecular weight is 238 g/mol. The molecule has 2 bridgehead atoms. The maximum Gasteiger partial charge on any atom is 0.0577 e. The van der Waals surface area contributed by atoms with Crippen LogP contribution in [0.25, 0.3) is 0 Å². The summed E-state index contributed by atoms with van der Waals surface area (Å²) in [5, 5.41) is 0. The minimum absolute atomic E-state index is 0.373. The SMILES string of the molecule is CCCCCCCCC12CCN(CC1)C(N)C2. The number of rotatable bonds is 7. The van der Waals surface area contributed by atoms with Gasteiger partial charge in [0.05, 0.1) is 6.17 Å². The minimum Gasteiger partial charge on any atom is -0.316 e.